The minimum Gasteiger partial charge on any atom is -0.497 e. The number of aliphatic imine (C=N–C) groups is 2. The highest BCUT2D eigenvalue weighted by Gasteiger charge is 2.19. The Balaban J connectivity index is 1.56. The summed E-state index contributed by atoms with van der Waals surface area (Å²) in [6.45, 7) is 0. The summed E-state index contributed by atoms with van der Waals surface area (Å²) < 4.78 is 21.4. The van der Waals surface area contributed by atoms with Gasteiger partial charge in [0.1, 0.15) is 23.0 Å². The van der Waals surface area contributed by atoms with Gasteiger partial charge in [-0.1, -0.05) is 0 Å². The zero-order valence-electron chi connectivity index (χ0n) is 18.1. The van der Waals surface area contributed by atoms with Crippen molar-refractivity contribution in [2.75, 3.05) is 28.4 Å². The summed E-state index contributed by atoms with van der Waals surface area (Å²) in [6, 6.07) is 12.2. The minimum absolute atomic E-state index is 0.318. The van der Waals surface area contributed by atoms with Crippen LogP contribution >= 0.6 is 0 Å². The van der Waals surface area contributed by atoms with Gasteiger partial charge < -0.3 is 18.9 Å². The Kier molecular flexibility index (Phi) is 7.71. The monoisotopic (exact) mass is 410 g/mol. The van der Waals surface area contributed by atoms with Crippen LogP contribution in [0.15, 0.2) is 46.4 Å². The van der Waals surface area contributed by atoms with E-state index in [9.17, 15) is 0 Å². The lowest BCUT2D eigenvalue weighted by molar-refractivity contribution is 0.392. The summed E-state index contributed by atoms with van der Waals surface area (Å²) in [5.41, 5.74) is 1.93. The van der Waals surface area contributed by atoms with Crippen molar-refractivity contribution in [2.24, 2.45) is 9.98 Å². The van der Waals surface area contributed by atoms with Gasteiger partial charge in [0.05, 0.1) is 40.5 Å². The van der Waals surface area contributed by atoms with Crippen LogP contribution in [-0.4, -0.2) is 53.0 Å². The summed E-state index contributed by atoms with van der Waals surface area (Å²) in [6.07, 6.45) is 7.92. The Labute approximate surface area is 178 Å². The molecule has 1 aliphatic carbocycles. The smallest absolute Gasteiger partial charge is 0.131 e. The largest absolute Gasteiger partial charge is 0.497 e. The van der Waals surface area contributed by atoms with Crippen molar-refractivity contribution in [3.05, 3.63) is 47.5 Å². The van der Waals surface area contributed by atoms with E-state index in [1.807, 2.05) is 48.8 Å². The van der Waals surface area contributed by atoms with Crippen LogP contribution in [0.1, 0.15) is 36.8 Å². The van der Waals surface area contributed by atoms with Crippen LogP contribution < -0.4 is 18.9 Å². The number of benzene rings is 2. The first kappa shape index (κ1) is 21.7. The van der Waals surface area contributed by atoms with E-state index in [2.05, 4.69) is 0 Å². The standard InChI is InChI=1S/C24H30N2O4/c1-27-21-11-5-17(23(13-21)29-3)15-25-19-7-9-20(10-8-19)26-16-18-6-12-22(28-2)14-24(18)30-4/h5-6,11-16,19-20H,7-10H2,1-4H3. The summed E-state index contributed by atoms with van der Waals surface area (Å²) in [5.74, 6) is 3.08. The molecule has 0 aromatic heterocycles. The summed E-state index contributed by atoms with van der Waals surface area (Å²) in [7, 11) is 6.61. The SMILES string of the molecule is COc1ccc(C=NC2CCC(N=Cc3ccc(OC)cc3OC)CC2)c(OC)c1. The van der Waals surface area contributed by atoms with E-state index in [1.54, 1.807) is 28.4 Å². The lowest BCUT2D eigenvalue weighted by Gasteiger charge is -2.23. The van der Waals surface area contributed by atoms with Crippen molar-refractivity contribution in [2.45, 2.75) is 37.8 Å². The molecule has 30 heavy (non-hydrogen) atoms. The molecular weight excluding hydrogens is 380 g/mol. The maximum atomic E-state index is 5.44. The Hall–Kier alpha value is -3.02. The van der Waals surface area contributed by atoms with Gasteiger partial charge in [0.25, 0.3) is 0 Å². The first-order chi connectivity index (χ1) is 14.7. The van der Waals surface area contributed by atoms with Crippen molar-refractivity contribution in [3.63, 3.8) is 0 Å². The third-order valence-corrected chi connectivity index (χ3v) is 5.40. The van der Waals surface area contributed by atoms with Gasteiger partial charge in [0, 0.05) is 35.7 Å². The Morgan fingerprint density at radius 3 is 1.37 bits per heavy atom. The molecule has 0 N–H and O–H groups in total. The number of ether oxygens (including phenoxy) is 4. The molecule has 6 heteroatoms. The fourth-order valence-electron chi connectivity index (χ4n) is 3.58. The van der Waals surface area contributed by atoms with Gasteiger partial charge in [0.15, 0.2) is 0 Å². The number of nitrogens with zero attached hydrogens (tertiary/aromatic N) is 2. The molecule has 0 radical (unpaired) electrons. The maximum absolute atomic E-state index is 5.44. The molecule has 0 unspecified atom stereocenters. The van der Waals surface area contributed by atoms with Crippen LogP contribution in [0.25, 0.3) is 0 Å². The van der Waals surface area contributed by atoms with Gasteiger partial charge in [0.2, 0.25) is 0 Å². The molecule has 3 rings (SSSR count). The predicted molar refractivity (Wildman–Crippen MR) is 120 cm³/mol. The molecule has 2 aromatic carbocycles. The molecule has 0 saturated heterocycles. The van der Waals surface area contributed by atoms with E-state index < -0.39 is 0 Å². The van der Waals surface area contributed by atoms with Crippen molar-refractivity contribution < 1.29 is 18.9 Å². The van der Waals surface area contributed by atoms with Crippen LogP contribution in [0.4, 0.5) is 0 Å². The first-order valence-corrected chi connectivity index (χ1v) is 10.2. The Bertz CT molecular complexity index is 813. The van der Waals surface area contributed by atoms with Gasteiger partial charge in [-0.25, -0.2) is 0 Å². The van der Waals surface area contributed by atoms with E-state index in [0.29, 0.717) is 12.1 Å². The Morgan fingerprint density at radius 2 is 1.03 bits per heavy atom. The van der Waals surface area contributed by atoms with E-state index in [0.717, 1.165) is 59.8 Å². The third kappa shape index (κ3) is 5.53. The van der Waals surface area contributed by atoms with Crippen molar-refractivity contribution in [1.29, 1.82) is 0 Å². The van der Waals surface area contributed by atoms with Gasteiger partial charge >= 0.3 is 0 Å². The van der Waals surface area contributed by atoms with E-state index in [1.165, 1.54) is 0 Å². The van der Waals surface area contributed by atoms with E-state index in [-0.39, 0.29) is 0 Å². The number of hydrogen-bond acceptors (Lipinski definition) is 6. The van der Waals surface area contributed by atoms with Crippen LogP contribution in [0.3, 0.4) is 0 Å². The summed E-state index contributed by atoms with van der Waals surface area (Å²) in [4.78, 5) is 9.57. The van der Waals surface area contributed by atoms with Crippen molar-refractivity contribution >= 4 is 12.4 Å². The van der Waals surface area contributed by atoms with Gasteiger partial charge in [-0.2, -0.15) is 0 Å². The second-order valence-corrected chi connectivity index (χ2v) is 7.23. The number of methoxy groups -OCH3 is 4. The fourth-order valence-corrected chi connectivity index (χ4v) is 3.58. The quantitative estimate of drug-likeness (QED) is 0.598. The van der Waals surface area contributed by atoms with Crippen LogP contribution in [0, 0.1) is 0 Å². The molecule has 1 aliphatic rings. The highest BCUT2D eigenvalue weighted by Crippen LogP contribution is 2.27. The van der Waals surface area contributed by atoms with E-state index in [4.69, 9.17) is 28.9 Å². The van der Waals surface area contributed by atoms with Crippen LogP contribution in [0.2, 0.25) is 0 Å². The number of rotatable bonds is 8. The molecule has 0 aliphatic heterocycles. The number of hydrogen-bond donors (Lipinski definition) is 0. The molecule has 0 spiro atoms. The average Bonchev–Trinajstić information content (AvgIpc) is 2.81. The molecule has 1 fully saturated rings. The van der Waals surface area contributed by atoms with Gasteiger partial charge in [-0.05, 0) is 49.9 Å². The second kappa shape index (κ2) is 10.7. The third-order valence-electron chi connectivity index (χ3n) is 5.40. The molecule has 160 valence electrons. The maximum Gasteiger partial charge on any atom is 0.131 e. The van der Waals surface area contributed by atoms with Gasteiger partial charge in [-0.15, -0.1) is 0 Å². The second-order valence-electron chi connectivity index (χ2n) is 7.23. The minimum atomic E-state index is 0.318. The highest BCUT2D eigenvalue weighted by molar-refractivity contribution is 5.84. The highest BCUT2D eigenvalue weighted by atomic mass is 16.5. The Morgan fingerprint density at radius 1 is 0.633 bits per heavy atom. The molecular formula is C24H30N2O4. The first-order valence-electron chi connectivity index (χ1n) is 10.2. The molecule has 0 bridgehead atoms. The normalized spacial score (nSPS) is 19.2. The molecule has 1 saturated carbocycles. The summed E-state index contributed by atoms with van der Waals surface area (Å²) in [5, 5.41) is 0. The topological polar surface area (TPSA) is 61.6 Å². The van der Waals surface area contributed by atoms with Crippen molar-refractivity contribution in [3.8, 4) is 23.0 Å². The molecule has 0 atom stereocenters. The lowest BCUT2D eigenvalue weighted by Crippen LogP contribution is -2.20. The molecule has 0 amide bonds. The van der Waals surface area contributed by atoms with Gasteiger partial charge in [-0.3, -0.25) is 9.98 Å². The lowest BCUT2D eigenvalue weighted by atomic mass is 9.92. The van der Waals surface area contributed by atoms with Crippen LogP contribution in [0.5, 0.6) is 23.0 Å². The zero-order chi connectivity index (χ0) is 21.3. The van der Waals surface area contributed by atoms with Crippen molar-refractivity contribution in [1.82, 2.24) is 0 Å². The predicted octanol–water partition coefficient (Wildman–Crippen LogP) is 4.57. The molecule has 0 heterocycles. The molecule has 2 aromatic rings. The fraction of sp³-hybridized carbons (Fsp3) is 0.417. The zero-order valence-corrected chi connectivity index (χ0v) is 18.1. The summed E-state index contributed by atoms with van der Waals surface area (Å²) >= 11 is 0. The molecule has 6 nitrogen and oxygen atoms in total. The van der Waals surface area contributed by atoms with Crippen LogP contribution in [-0.2, 0) is 0 Å². The van der Waals surface area contributed by atoms with E-state index >= 15 is 0 Å². The average molecular weight is 411 g/mol.